The van der Waals surface area contributed by atoms with Crippen LogP contribution in [0.15, 0.2) is 0 Å². The van der Waals surface area contributed by atoms with E-state index in [1.165, 1.54) is 65.1 Å². The smallest absolute Gasteiger partial charge is 0.0149 e. The van der Waals surface area contributed by atoms with Crippen LogP contribution in [0.3, 0.4) is 0 Å². The third kappa shape index (κ3) is 2.05. The predicted octanol–water partition coefficient (Wildman–Crippen LogP) is 0.376. The molecule has 0 amide bonds. The van der Waals surface area contributed by atoms with E-state index in [9.17, 15) is 0 Å². The maximum absolute atomic E-state index is 3.51. The topological polar surface area (TPSA) is 18.5 Å². The third-order valence-electron chi connectivity index (χ3n) is 4.44. The minimum atomic E-state index is 0.906. The lowest BCUT2D eigenvalue weighted by molar-refractivity contribution is 0.106. The molecule has 3 saturated heterocycles. The fraction of sp³-hybridized carbons (Fsp3) is 1.00. The van der Waals surface area contributed by atoms with E-state index >= 15 is 0 Å². The number of rotatable bonds is 1. The van der Waals surface area contributed by atoms with Gasteiger partial charge in [0.25, 0.3) is 0 Å². The Bertz CT molecular complexity index is 211. The molecule has 3 aliphatic rings. The number of piperidine rings is 1. The Balaban J connectivity index is 1.64. The molecule has 3 unspecified atom stereocenters. The van der Waals surface area contributed by atoms with Gasteiger partial charge in [-0.2, -0.15) is 0 Å². The lowest BCUT2D eigenvalue weighted by Crippen LogP contribution is -2.47. The van der Waals surface area contributed by atoms with Gasteiger partial charge in [-0.1, -0.05) is 0 Å². The summed E-state index contributed by atoms with van der Waals surface area (Å²) in [7, 11) is 0. The summed E-state index contributed by atoms with van der Waals surface area (Å²) in [5.41, 5.74) is 0. The number of hydrogen-bond donors (Lipinski definition) is 1. The molecule has 3 atom stereocenters. The highest BCUT2D eigenvalue weighted by molar-refractivity contribution is 4.92. The number of hydrogen-bond acceptors (Lipinski definition) is 3. The van der Waals surface area contributed by atoms with Gasteiger partial charge < -0.3 is 10.2 Å². The fourth-order valence-electron chi connectivity index (χ4n) is 3.61. The first-order valence-electron chi connectivity index (χ1n) is 6.60. The molecule has 0 saturated carbocycles. The van der Waals surface area contributed by atoms with Gasteiger partial charge in [0.2, 0.25) is 0 Å². The van der Waals surface area contributed by atoms with Gasteiger partial charge in [0, 0.05) is 25.7 Å². The van der Waals surface area contributed by atoms with E-state index in [1.54, 1.807) is 0 Å². The molecule has 1 N–H and O–H groups in total. The van der Waals surface area contributed by atoms with Crippen molar-refractivity contribution >= 4 is 0 Å². The Morgan fingerprint density at radius 3 is 2.87 bits per heavy atom. The van der Waals surface area contributed by atoms with Crippen molar-refractivity contribution in [3.05, 3.63) is 0 Å². The van der Waals surface area contributed by atoms with Crippen molar-refractivity contribution in [2.75, 3.05) is 45.8 Å². The van der Waals surface area contributed by atoms with E-state index in [1.807, 2.05) is 0 Å². The summed E-state index contributed by atoms with van der Waals surface area (Å²) in [6, 6.07) is 0.906. The van der Waals surface area contributed by atoms with Gasteiger partial charge in [-0.15, -0.1) is 0 Å². The zero-order valence-electron chi connectivity index (χ0n) is 9.62. The molecule has 3 heteroatoms. The molecule has 2 bridgehead atoms. The zero-order chi connectivity index (χ0) is 10.1. The predicted molar refractivity (Wildman–Crippen MR) is 62.0 cm³/mol. The van der Waals surface area contributed by atoms with Crippen LogP contribution < -0.4 is 5.32 Å². The van der Waals surface area contributed by atoms with Gasteiger partial charge >= 0.3 is 0 Å². The molecule has 0 aromatic carbocycles. The van der Waals surface area contributed by atoms with E-state index in [-0.39, 0.29) is 0 Å². The Kier molecular flexibility index (Phi) is 2.95. The van der Waals surface area contributed by atoms with Crippen molar-refractivity contribution in [3.63, 3.8) is 0 Å². The maximum Gasteiger partial charge on any atom is 0.0149 e. The van der Waals surface area contributed by atoms with Crippen LogP contribution in [0.2, 0.25) is 0 Å². The molecular formula is C12H23N3. The largest absolute Gasteiger partial charge is 0.315 e. The minimum Gasteiger partial charge on any atom is -0.315 e. The fourth-order valence-corrected chi connectivity index (χ4v) is 3.61. The van der Waals surface area contributed by atoms with E-state index in [0.29, 0.717) is 0 Å². The summed E-state index contributed by atoms with van der Waals surface area (Å²) in [5, 5.41) is 3.51. The van der Waals surface area contributed by atoms with Crippen LogP contribution in [0.5, 0.6) is 0 Å². The Morgan fingerprint density at radius 2 is 1.87 bits per heavy atom. The first kappa shape index (κ1) is 10.1. The number of fused-ring (bicyclic) bond motifs is 2. The lowest BCUT2D eigenvalue weighted by atomic mass is 9.92. The highest BCUT2D eigenvalue weighted by atomic mass is 15.2. The SMILES string of the molecule is C1CNCCN(C2CCN3CCC2C3)C1. The van der Waals surface area contributed by atoms with Crippen LogP contribution in [-0.4, -0.2) is 61.7 Å². The Hall–Kier alpha value is -0.120. The molecule has 0 aromatic rings. The van der Waals surface area contributed by atoms with Crippen molar-refractivity contribution in [1.29, 1.82) is 0 Å². The molecular weight excluding hydrogens is 186 g/mol. The maximum atomic E-state index is 3.51. The van der Waals surface area contributed by atoms with E-state index in [2.05, 4.69) is 15.1 Å². The van der Waals surface area contributed by atoms with Crippen LogP contribution in [0.4, 0.5) is 0 Å². The van der Waals surface area contributed by atoms with Crippen LogP contribution in [0.1, 0.15) is 19.3 Å². The Morgan fingerprint density at radius 1 is 0.933 bits per heavy atom. The quantitative estimate of drug-likeness (QED) is 0.673. The first-order chi connectivity index (χ1) is 7.43. The average molecular weight is 209 g/mol. The standard InChI is InChI=1S/C12H23N3/c1-4-13-5-9-15(6-1)12-3-8-14-7-2-11(12)10-14/h11-13H,1-10H2. The molecule has 0 spiro atoms. The lowest BCUT2D eigenvalue weighted by Gasteiger charge is -2.38. The molecule has 86 valence electrons. The van der Waals surface area contributed by atoms with E-state index in [4.69, 9.17) is 0 Å². The van der Waals surface area contributed by atoms with Crippen LogP contribution >= 0.6 is 0 Å². The molecule has 3 fully saturated rings. The van der Waals surface area contributed by atoms with Gasteiger partial charge in [0.15, 0.2) is 0 Å². The third-order valence-corrected chi connectivity index (χ3v) is 4.44. The molecule has 3 rings (SSSR count). The van der Waals surface area contributed by atoms with Crippen molar-refractivity contribution in [1.82, 2.24) is 15.1 Å². The molecule has 0 aliphatic carbocycles. The zero-order valence-corrected chi connectivity index (χ0v) is 9.62. The molecule has 3 nitrogen and oxygen atoms in total. The highest BCUT2D eigenvalue weighted by Crippen LogP contribution is 2.30. The monoisotopic (exact) mass is 209 g/mol. The number of nitrogens with one attached hydrogen (secondary N) is 1. The van der Waals surface area contributed by atoms with Crippen molar-refractivity contribution in [2.45, 2.75) is 25.3 Å². The van der Waals surface area contributed by atoms with Crippen LogP contribution in [-0.2, 0) is 0 Å². The summed E-state index contributed by atoms with van der Waals surface area (Å²) >= 11 is 0. The van der Waals surface area contributed by atoms with Gasteiger partial charge in [0.05, 0.1) is 0 Å². The van der Waals surface area contributed by atoms with Crippen LogP contribution in [0.25, 0.3) is 0 Å². The van der Waals surface area contributed by atoms with Gasteiger partial charge in [-0.25, -0.2) is 0 Å². The molecule has 3 heterocycles. The second-order valence-corrected chi connectivity index (χ2v) is 5.34. The summed E-state index contributed by atoms with van der Waals surface area (Å²) in [6.45, 7) is 9.13. The molecule has 15 heavy (non-hydrogen) atoms. The normalized spacial score (nSPS) is 42.8. The van der Waals surface area contributed by atoms with Gasteiger partial charge in [-0.05, 0) is 51.4 Å². The summed E-state index contributed by atoms with van der Waals surface area (Å²) < 4.78 is 0. The summed E-state index contributed by atoms with van der Waals surface area (Å²) in [6.07, 6.45) is 4.21. The molecule has 0 aromatic heterocycles. The van der Waals surface area contributed by atoms with E-state index < -0.39 is 0 Å². The molecule has 3 aliphatic heterocycles. The summed E-state index contributed by atoms with van der Waals surface area (Å²) in [4.78, 5) is 5.42. The second-order valence-electron chi connectivity index (χ2n) is 5.34. The van der Waals surface area contributed by atoms with Gasteiger partial charge in [0.1, 0.15) is 0 Å². The minimum absolute atomic E-state index is 0.906. The van der Waals surface area contributed by atoms with Gasteiger partial charge in [-0.3, -0.25) is 4.90 Å². The molecule has 0 radical (unpaired) electrons. The first-order valence-corrected chi connectivity index (χ1v) is 6.60. The van der Waals surface area contributed by atoms with E-state index in [0.717, 1.165) is 12.0 Å². The highest BCUT2D eigenvalue weighted by Gasteiger charge is 2.37. The average Bonchev–Trinajstić information content (AvgIpc) is 2.51. The Labute approximate surface area is 92.8 Å². The number of nitrogens with zero attached hydrogens (tertiary/aromatic N) is 2. The van der Waals surface area contributed by atoms with Crippen molar-refractivity contribution in [3.8, 4) is 0 Å². The second kappa shape index (κ2) is 4.40. The van der Waals surface area contributed by atoms with Crippen molar-refractivity contribution < 1.29 is 0 Å². The summed E-state index contributed by atoms with van der Waals surface area (Å²) in [5.74, 6) is 0.983. The van der Waals surface area contributed by atoms with Crippen molar-refractivity contribution in [2.24, 2.45) is 5.92 Å². The van der Waals surface area contributed by atoms with Crippen LogP contribution in [0, 0.1) is 5.92 Å².